The highest BCUT2D eigenvalue weighted by Crippen LogP contribution is 2.27. The Kier molecular flexibility index (Phi) is 10.2. The number of hydrogen-bond acceptors (Lipinski definition) is 1. The molecule has 1 fully saturated rings. The highest BCUT2D eigenvalue weighted by molar-refractivity contribution is 4.81. The van der Waals surface area contributed by atoms with E-state index in [2.05, 4.69) is 25.7 Å². The molecule has 1 aliphatic heterocycles. The summed E-state index contributed by atoms with van der Waals surface area (Å²) in [5.41, 5.74) is 0.593. The van der Waals surface area contributed by atoms with Crippen molar-refractivity contribution in [2.24, 2.45) is 5.41 Å². The summed E-state index contributed by atoms with van der Waals surface area (Å²) in [5, 5.41) is 0. The molecule has 82 valence electrons. The third-order valence-corrected chi connectivity index (χ3v) is 2.20. The third-order valence-electron chi connectivity index (χ3n) is 2.20. The van der Waals surface area contributed by atoms with Crippen LogP contribution in [0.4, 0.5) is 0 Å². The summed E-state index contributed by atoms with van der Waals surface area (Å²) in [6.07, 6.45) is 1.38. The maximum atomic E-state index is 2.51. The molecule has 13 heavy (non-hydrogen) atoms. The normalized spacial score (nSPS) is 19.6. The number of likely N-dealkylation sites (tertiary alicyclic amines) is 1. The number of rotatable bonds is 1. The molecule has 0 aromatic heterocycles. The maximum Gasteiger partial charge on any atom is 0.00330 e. The van der Waals surface area contributed by atoms with Gasteiger partial charge in [-0.2, -0.15) is 0 Å². The molecule has 0 atom stereocenters. The van der Waals surface area contributed by atoms with Crippen LogP contribution in [-0.2, 0) is 0 Å². The lowest BCUT2D eigenvalue weighted by atomic mass is 9.93. The minimum absolute atomic E-state index is 0.593. The first-order chi connectivity index (χ1) is 6.14. The summed E-state index contributed by atoms with van der Waals surface area (Å²) >= 11 is 0. The van der Waals surface area contributed by atoms with Crippen molar-refractivity contribution in [2.75, 3.05) is 19.6 Å². The van der Waals surface area contributed by atoms with E-state index in [-0.39, 0.29) is 0 Å². The Labute approximate surface area is 85.5 Å². The van der Waals surface area contributed by atoms with Crippen LogP contribution < -0.4 is 0 Å². The molecule has 0 aromatic carbocycles. The molecule has 0 spiro atoms. The first-order valence-electron chi connectivity index (χ1n) is 5.86. The fourth-order valence-electron chi connectivity index (χ4n) is 1.49. The predicted molar refractivity (Wildman–Crippen MR) is 63.2 cm³/mol. The lowest BCUT2D eigenvalue weighted by molar-refractivity contribution is 0.303. The molecule has 0 aliphatic carbocycles. The summed E-state index contributed by atoms with van der Waals surface area (Å²) in [6.45, 7) is 18.8. The van der Waals surface area contributed by atoms with E-state index in [1.165, 1.54) is 26.1 Å². The monoisotopic (exact) mass is 187 g/mol. The van der Waals surface area contributed by atoms with Gasteiger partial charge in [0.25, 0.3) is 0 Å². The van der Waals surface area contributed by atoms with Crippen molar-refractivity contribution in [3.63, 3.8) is 0 Å². The van der Waals surface area contributed by atoms with Crippen LogP contribution in [0.25, 0.3) is 0 Å². The molecular formula is C12H29N. The van der Waals surface area contributed by atoms with Gasteiger partial charge in [0.05, 0.1) is 0 Å². The highest BCUT2D eigenvalue weighted by atomic mass is 15.1. The van der Waals surface area contributed by atoms with E-state index in [1.807, 2.05) is 27.7 Å². The molecule has 0 saturated carbocycles. The Morgan fingerprint density at radius 1 is 1.08 bits per heavy atom. The summed E-state index contributed by atoms with van der Waals surface area (Å²) in [6, 6.07) is 0. The van der Waals surface area contributed by atoms with Crippen LogP contribution >= 0.6 is 0 Å². The second kappa shape index (κ2) is 8.55. The molecule has 0 unspecified atom stereocenters. The Balaban J connectivity index is 0. The molecule has 0 aromatic rings. The van der Waals surface area contributed by atoms with E-state index >= 15 is 0 Å². The fourth-order valence-corrected chi connectivity index (χ4v) is 1.49. The number of nitrogens with zero attached hydrogens (tertiary/aromatic N) is 1. The largest absolute Gasteiger partial charge is 0.303 e. The topological polar surface area (TPSA) is 3.24 Å². The van der Waals surface area contributed by atoms with Crippen LogP contribution in [-0.4, -0.2) is 24.5 Å². The van der Waals surface area contributed by atoms with Gasteiger partial charge in [-0.3, -0.25) is 0 Å². The van der Waals surface area contributed by atoms with Gasteiger partial charge in [0.15, 0.2) is 0 Å². The molecule has 0 N–H and O–H groups in total. The summed E-state index contributed by atoms with van der Waals surface area (Å²) in [5.74, 6) is 0. The molecule has 1 aliphatic rings. The van der Waals surface area contributed by atoms with Crippen molar-refractivity contribution in [1.29, 1.82) is 0 Å². The van der Waals surface area contributed by atoms with E-state index in [4.69, 9.17) is 0 Å². The van der Waals surface area contributed by atoms with E-state index in [1.54, 1.807) is 0 Å². The first kappa shape index (κ1) is 15.4. The van der Waals surface area contributed by atoms with Gasteiger partial charge in [-0.05, 0) is 24.9 Å². The standard InChI is InChI=1S/C8H17N.2C2H6/c1-4-9-6-5-8(2,3)7-9;2*1-2/h4-7H2,1-3H3;2*1-2H3. The smallest absolute Gasteiger partial charge is 0.00330 e. The van der Waals surface area contributed by atoms with Crippen molar-refractivity contribution in [2.45, 2.75) is 54.9 Å². The molecule has 1 saturated heterocycles. The van der Waals surface area contributed by atoms with E-state index in [9.17, 15) is 0 Å². The van der Waals surface area contributed by atoms with Crippen LogP contribution in [0.1, 0.15) is 54.9 Å². The Hall–Kier alpha value is -0.0400. The van der Waals surface area contributed by atoms with E-state index < -0.39 is 0 Å². The molecule has 0 amide bonds. The zero-order valence-corrected chi connectivity index (χ0v) is 10.8. The van der Waals surface area contributed by atoms with Gasteiger partial charge in [-0.15, -0.1) is 0 Å². The second-order valence-corrected chi connectivity index (χ2v) is 3.78. The van der Waals surface area contributed by atoms with E-state index in [0.29, 0.717) is 5.41 Å². The van der Waals surface area contributed by atoms with Gasteiger partial charge >= 0.3 is 0 Å². The van der Waals surface area contributed by atoms with Crippen molar-refractivity contribution in [1.82, 2.24) is 4.90 Å². The molecule has 1 heterocycles. The summed E-state index contributed by atoms with van der Waals surface area (Å²) < 4.78 is 0. The Morgan fingerprint density at radius 2 is 1.54 bits per heavy atom. The quantitative estimate of drug-likeness (QED) is 0.603. The average molecular weight is 187 g/mol. The lowest BCUT2D eigenvalue weighted by Gasteiger charge is -2.17. The zero-order chi connectivity index (χ0) is 10.9. The molecular weight excluding hydrogens is 158 g/mol. The zero-order valence-electron chi connectivity index (χ0n) is 10.8. The fraction of sp³-hybridized carbons (Fsp3) is 1.00. The van der Waals surface area contributed by atoms with Crippen molar-refractivity contribution in [3.05, 3.63) is 0 Å². The molecule has 0 radical (unpaired) electrons. The highest BCUT2D eigenvalue weighted by Gasteiger charge is 2.27. The van der Waals surface area contributed by atoms with Crippen LogP contribution in [0.15, 0.2) is 0 Å². The molecule has 1 heteroatoms. The first-order valence-corrected chi connectivity index (χ1v) is 5.86. The molecule has 1 nitrogen and oxygen atoms in total. The van der Waals surface area contributed by atoms with Crippen LogP contribution in [0.2, 0.25) is 0 Å². The second-order valence-electron chi connectivity index (χ2n) is 3.78. The minimum atomic E-state index is 0.593. The minimum Gasteiger partial charge on any atom is -0.303 e. The Bertz CT molecular complexity index is 97.3. The van der Waals surface area contributed by atoms with Gasteiger partial charge in [0, 0.05) is 6.54 Å². The van der Waals surface area contributed by atoms with Gasteiger partial charge in [-0.1, -0.05) is 48.5 Å². The summed E-state index contributed by atoms with van der Waals surface area (Å²) in [7, 11) is 0. The molecule has 1 rings (SSSR count). The SMILES string of the molecule is CC.CC.CCN1CCC(C)(C)C1. The van der Waals surface area contributed by atoms with Crippen molar-refractivity contribution in [3.8, 4) is 0 Å². The lowest BCUT2D eigenvalue weighted by Crippen LogP contribution is -2.22. The summed E-state index contributed by atoms with van der Waals surface area (Å²) in [4.78, 5) is 2.51. The number of hydrogen-bond donors (Lipinski definition) is 0. The predicted octanol–water partition coefficient (Wildman–Crippen LogP) is 3.79. The third kappa shape index (κ3) is 7.06. The van der Waals surface area contributed by atoms with Gasteiger partial charge in [0.1, 0.15) is 0 Å². The van der Waals surface area contributed by atoms with Crippen LogP contribution in [0.3, 0.4) is 0 Å². The van der Waals surface area contributed by atoms with Crippen LogP contribution in [0, 0.1) is 5.41 Å². The van der Waals surface area contributed by atoms with E-state index in [0.717, 1.165) is 0 Å². The van der Waals surface area contributed by atoms with Crippen molar-refractivity contribution < 1.29 is 0 Å². The van der Waals surface area contributed by atoms with Gasteiger partial charge in [0.2, 0.25) is 0 Å². The molecule has 0 bridgehead atoms. The van der Waals surface area contributed by atoms with Gasteiger partial charge in [-0.25, -0.2) is 0 Å². The average Bonchev–Trinajstić information content (AvgIpc) is 2.52. The Morgan fingerprint density at radius 3 is 1.69 bits per heavy atom. The maximum absolute atomic E-state index is 2.51. The van der Waals surface area contributed by atoms with Gasteiger partial charge < -0.3 is 4.90 Å². The van der Waals surface area contributed by atoms with Crippen LogP contribution in [0.5, 0.6) is 0 Å². The van der Waals surface area contributed by atoms with Crippen molar-refractivity contribution >= 4 is 0 Å².